The molecule has 0 bridgehead atoms. The van der Waals surface area contributed by atoms with Gasteiger partial charge in [-0.15, -0.1) is 0 Å². The Kier molecular flexibility index (Phi) is 7.53. The Morgan fingerprint density at radius 3 is 2.86 bits per heavy atom. The van der Waals surface area contributed by atoms with E-state index in [1.54, 1.807) is 0 Å². The predicted molar refractivity (Wildman–Crippen MR) is 54.4 cm³/mol. The molecule has 0 saturated heterocycles. The normalized spacial score (nSPS) is 11.4. The van der Waals surface area contributed by atoms with E-state index in [9.17, 15) is 4.79 Å². The monoisotopic (exact) mass is 195 g/mol. The van der Waals surface area contributed by atoms with E-state index in [2.05, 4.69) is 12.6 Å². The highest BCUT2D eigenvalue weighted by Crippen LogP contribution is 2.12. The average Bonchev–Trinajstić information content (AvgIpc) is 2.21. The van der Waals surface area contributed by atoms with Gasteiger partial charge < -0.3 is 4.74 Å². The van der Waals surface area contributed by atoms with E-state index in [1.165, 1.54) is 6.08 Å². The fourth-order valence-electron chi connectivity index (χ4n) is 1.14. The lowest BCUT2D eigenvalue weighted by Gasteiger charge is -2.06. The smallest absolute Gasteiger partial charge is 0.306 e. The summed E-state index contributed by atoms with van der Waals surface area (Å²) in [4.78, 5) is 11.0. The maximum atomic E-state index is 11.0. The molecule has 1 unspecified atom stereocenters. The number of esters is 1. The van der Waals surface area contributed by atoms with Crippen LogP contribution in [0.2, 0.25) is 0 Å². The quantitative estimate of drug-likeness (QED) is 0.463. The van der Waals surface area contributed by atoms with Gasteiger partial charge in [0.25, 0.3) is 0 Å². The number of carbonyl (C=O) groups excluding carboxylic acids is 1. The third-order valence-corrected chi connectivity index (χ3v) is 1.88. The standard InChI is InChI=1S/C11H17NO2/c1-3-5-10(9-12)6-7-11(13)14-8-4-2/h4,10H,2-3,5-8H2,1H3. The molecule has 0 heterocycles. The molecule has 78 valence electrons. The van der Waals surface area contributed by atoms with Crippen LogP contribution in [0.5, 0.6) is 0 Å². The molecule has 0 saturated carbocycles. The first-order valence-corrected chi connectivity index (χ1v) is 4.90. The van der Waals surface area contributed by atoms with Crippen molar-refractivity contribution in [2.24, 2.45) is 5.92 Å². The van der Waals surface area contributed by atoms with Gasteiger partial charge in [-0.2, -0.15) is 5.26 Å². The molecular formula is C11H17NO2. The summed E-state index contributed by atoms with van der Waals surface area (Å²) in [5, 5.41) is 8.73. The van der Waals surface area contributed by atoms with Gasteiger partial charge in [0.15, 0.2) is 0 Å². The molecule has 0 aliphatic carbocycles. The lowest BCUT2D eigenvalue weighted by atomic mass is 10.00. The first kappa shape index (κ1) is 12.7. The van der Waals surface area contributed by atoms with Gasteiger partial charge in [-0.25, -0.2) is 0 Å². The van der Waals surface area contributed by atoms with Crippen LogP contribution in [-0.4, -0.2) is 12.6 Å². The van der Waals surface area contributed by atoms with E-state index in [0.29, 0.717) is 12.8 Å². The van der Waals surface area contributed by atoms with E-state index < -0.39 is 0 Å². The number of rotatable bonds is 7. The number of hydrogen-bond acceptors (Lipinski definition) is 3. The van der Waals surface area contributed by atoms with Gasteiger partial charge in [0.05, 0.1) is 6.07 Å². The van der Waals surface area contributed by atoms with E-state index in [-0.39, 0.29) is 18.5 Å². The molecule has 1 atom stereocenters. The van der Waals surface area contributed by atoms with Crippen molar-refractivity contribution in [1.82, 2.24) is 0 Å². The molecule has 0 radical (unpaired) electrons. The maximum Gasteiger partial charge on any atom is 0.306 e. The number of nitriles is 1. The minimum absolute atomic E-state index is 0.0173. The number of nitrogens with zero attached hydrogens (tertiary/aromatic N) is 1. The predicted octanol–water partition coefficient (Wildman–Crippen LogP) is 2.44. The summed E-state index contributed by atoms with van der Waals surface area (Å²) in [5.74, 6) is -0.266. The van der Waals surface area contributed by atoms with Crippen LogP contribution >= 0.6 is 0 Å². The molecule has 3 nitrogen and oxygen atoms in total. The summed E-state index contributed by atoms with van der Waals surface area (Å²) in [6.07, 6.45) is 4.28. The van der Waals surface area contributed by atoms with Crippen LogP contribution in [0.4, 0.5) is 0 Å². The van der Waals surface area contributed by atoms with Gasteiger partial charge in [-0.05, 0) is 12.8 Å². The molecule has 0 spiro atoms. The van der Waals surface area contributed by atoms with Gasteiger partial charge in [0, 0.05) is 12.3 Å². The fourth-order valence-corrected chi connectivity index (χ4v) is 1.14. The minimum Gasteiger partial charge on any atom is -0.461 e. The molecule has 0 aliphatic rings. The number of ether oxygens (including phenoxy) is 1. The van der Waals surface area contributed by atoms with Crippen LogP contribution in [0.15, 0.2) is 12.7 Å². The van der Waals surface area contributed by atoms with Crippen LogP contribution in [0.25, 0.3) is 0 Å². The summed E-state index contributed by atoms with van der Waals surface area (Å²) in [5.41, 5.74) is 0. The van der Waals surface area contributed by atoms with Crippen molar-refractivity contribution in [3.8, 4) is 6.07 Å². The lowest BCUT2D eigenvalue weighted by Crippen LogP contribution is -2.07. The third kappa shape index (κ3) is 6.24. The van der Waals surface area contributed by atoms with Crippen LogP contribution in [0, 0.1) is 17.2 Å². The van der Waals surface area contributed by atoms with E-state index >= 15 is 0 Å². The van der Waals surface area contributed by atoms with Crippen LogP contribution in [0.1, 0.15) is 32.6 Å². The molecule has 14 heavy (non-hydrogen) atoms. The average molecular weight is 195 g/mol. The first-order valence-electron chi connectivity index (χ1n) is 4.90. The summed E-state index contributed by atoms with van der Waals surface area (Å²) < 4.78 is 4.80. The topological polar surface area (TPSA) is 50.1 Å². The molecule has 0 aromatic rings. The van der Waals surface area contributed by atoms with Crippen LogP contribution < -0.4 is 0 Å². The highest BCUT2D eigenvalue weighted by Gasteiger charge is 2.09. The highest BCUT2D eigenvalue weighted by atomic mass is 16.5. The second kappa shape index (κ2) is 8.31. The Balaban J connectivity index is 3.63. The highest BCUT2D eigenvalue weighted by molar-refractivity contribution is 5.69. The maximum absolute atomic E-state index is 11.0. The molecule has 0 rings (SSSR count). The minimum atomic E-state index is -0.249. The van der Waals surface area contributed by atoms with Crippen molar-refractivity contribution < 1.29 is 9.53 Å². The van der Waals surface area contributed by atoms with Gasteiger partial charge in [0.1, 0.15) is 6.61 Å². The Morgan fingerprint density at radius 1 is 1.64 bits per heavy atom. The molecule has 0 amide bonds. The van der Waals surface area contributed by atoms with Crippen molar-refractivity contribution >= 4 is 5.97 Å². The molecule has 0 aromatic carbocycles. The first-order chi connectivity index (χ1) is 6.74. The Labute approximate surface area is 85.4 Å². The number of carbonyl (C=O) groups is 1. The van der Waals surface area contributed by atoms with E-state index in [4.69, 9.17) is 10.00 Å². The van der Waals surface area contributed by atoms with Crippen molar-refractivity contribution in [2.45, 2.75) is 32.6 Å². The zero-order valence-electron chi connectivity index (χ0n) is 8.66. The Morgan fingerprint density at radius 2 is 2.36 bits per heavy atom. The zero-order valence-corrected chi connectivity index (χ0v) is 8.66. The van der Waals surface area contributed by atoms with Gasteiger partial charge >= 0.3 is 5.97 Å². The molecule has 0 aromatic heterocycles. The number of hydrogen-bond donors (Lipinski definition) is 0. The van der Waals surface area contributed by atoms with Gasteiger partial charge in [-0.3, -0.25) is 4.79 Å². The van der Waals surface area contributed by atoms with E-state index in [1.807, 2.05) is 6.92 Å². The second-order valence-electron chi connectivity index (χ2n) is 3.13. The van der Waals surface area contributed by atoms with Gasteiger partial charge in [-0.1, -0.05) is 26.0 Å². The summed E-state index contributed by atoms with van der Waals surface area (Å²) >= 11 is 0. The Bertz CT molecular complexity index is 218. The molecular weight excluding hydrogens is 178 g/mol. The van der Waals surface area contributed by atoms with Crippen molar-refractivity contribution in [3.63, 3.8) is 0 Å². The van der Waals surface area contributed by atoms with Crippen molar-refractivity contribution in [2.75, 3.05) is 6.61 Å². The fraction of sp³-hybridized carbons (Fsp3) is 0.636. The van der Waals surface area contributed by atoms with Crippen molar-refractivity contribution in [1.29, 1.82) is 5.26 Å². The summed E-state index contributed by atoms with van der Waals surface area (Å²) in [6.45, 7) is 5.73. The molecule has 0 N–H and O–H groups in total. The lowest BCUT2D eigenvalue weighted by molar-refractivity contribution is -0.142. The third-order valence-electron chi connectivity index (χ3n) is 1.88. The molecule has 3 heteroatoms. The largest absolute Gasteiger partial charge is 0.461 e. The SMILES string of the molecule is C=CCOC(=O)CCC(C#N)CCC. The van der Waals surface area contributed by atoms with Gasteiger partial charge in [0.2, 0.25) is 0 Å². The summed E-state index contributed by atoms with van der Waals surface area (Å²) in [7, 11) is 0. The van der Waals surface area contributed by atoms with Crippen LogP contribution in [0.3, 0.4) is 0 Å². The Hall–Kier alpha value is -1.30. The molecule has 0 fully saturated rings. The van der Waals surface area contributed by atoms with E-state index in [0.717, 1.165) is 12.8 Å². The van der Waals surface area contributed by atoms with Crippen LogP contribution in [-0.2, 0) is 9.53 Å². The zero-order chi connectivity index (χ0) is 10.8. The summed E-state index contributed by atoms with van der Waals surface area (Å²) in [6, 6.07) is 2.19. The molecule has 0 aliphatic heterocycles. The second-order valence-corrected chi connectivity index (χ2v) is 3.13. The van der Waals surface area contributed by atoms with Crippen molar-refractivity contribution in [3.05, 3.63) is 12.7 Å².